The molecular weight excluding hydrogens is 210 g/mol. The van der Waals surface area contributed by atoms with Crippen molar-refractivity contribution in [3.8, 4) is 5.75 Å². The Morgan fingerprint density at radius 2 is 2.12 bits per heavy atom. The van der Waals surface area contributed by atoms with Gasteiger partial charge in [-0.15, -0.1) is 0 Å². The summed E-state index contributed by atoms with van der Waals surface area (Å²) in [5.41, 5.74) is 11.2. The van der Waals surface area contributed by atoms with E-state index in [2.05, 4.69) is 5.32 Å². The molecule has 0 aliphatic carbocycles. The maximum absolute atomic E-state index is 11.1. The highest BCUT2D eigenvalue weighted by molar-refractivity contribution is 5.98. The van der Waals surface area contributed by atoms with Gasteiger partial charge in [0.25, 0.3) is 11.8 Å². The Balaban J connectivity index is 2.41. The van der Waals surface area contributed by atoms with Gasteiger partial charge < -0.3 is 21.5 Å². The number of primary amides is 2. The van der Waals surface area contributed by atoms with Gasteiger partial charge in [0.2, 0.25) is 0 Å². The molecule has 0 aromatic heterocycles. The largest absolute Gasteiger partial charge is 0.476 e. The topological polar surface area (TPSA) is 107 Å². The molecule has 2 amide bonds. The van der Waals surface area contributed by atoms with Crippen LogP contribution >= 0.6 is 0 Å². The van der Waals surface area contributed by atoms with Crippen molar-refractivity contribution in [3.63, 3.8) is 0 Å². The van der Waals surface area contributed by atoms with Crippen LogP contribution in [-0.2, 0) is 4.79 Å². The van der Waals surface area contributed by atoms with Gasteiger partial charge in [-0.2, -0.15) is 0 Å². The second-order valence-electron chi connectivity index (χ2n) is 3.44. The minimum absolute atomic E-state index is 0.232. The fourth-order valence-electron chi connectivity index (χ4n) is 1.54. The van der Waals surface area contributed by atoms with E-state index in [1.165, 1.54) is 6.07 Å². The lowest BCUT2D eigenvalue weighted by atomic mass is 10.1. The number of fused-ring (bicyclic) bond motifs is 1. The molecule has 16 heavy (non-hydrogen) atoms. The van der Waals surface area contributed by atoms with Crippen molar-refractivity contribution in [3.05, 3.63) is 23.8 Å². The summed E-state index contributed by atoms with van der Waals surface area (Å²) in [5, 5.41) is 2.96. The Hall–Kier alpha value is -2.24. The summed E-state index contributed by atoms with van der Waals surface area (Å²) in [7, 11) is 0. The number of anilines is 1. The van der Waals surface area contributed by atoms with Crippen LogP contribution in [0.15, 0.2) is 18.2 Å². The molecule has 0 radical (unpaired) electrons. The van der Waals surface area contributed by atoms with Crippen molar-refractivity contribution in [2.75, 3.05) is 11.9 Å². The normalized spacial score (nSPS) is 17.9. The van der Waals surface area contributed by atoms with E-state index >= 15 is 0 Å². The highest BCUT2D eigenvalue weighted by atomic mass is 16.5. The summed E-state index contributed by atoms with van der Waals surface area (Å²) in [4.78, 5) is 22.1. The number of nitrogens with two attached hydrogens (primary N) is 2. The highest BCUT2D eigenvalue weighted by Gasteiger charge is 2.26. The van der Waals surface area contributed by atoms with Gasteiger partial charge in [-0.25, -0.2) is 0 Å². The third-order valence-electron chi connectivity index (χ3n) is 2.34. The van der Waals surface area contributed by atoms with Crippen LogP contribution < -0.4 is 21.5 Å². The first-order valence-corrected chi connectivity index (χ1v) is 4.72. The van der Waals surface area contributed by atoms with Crippen LogP contribution in [0.4, 0.5) is 5.69 Å². The summed E-state index contributed by atoms with van der Waals surface area (Å²) in [6, 6.07) is 4.95. The number of carbonyl (C=O) groups excluding carboxylic acids is 2. The smallest absolute Gasteiger partial charge is 0.260 e. The van der Waals surface area contributed by atoms with Gasteiger partial charge in [-0.05, 0) is 12.1 Å². The molecule has 6 nitrogen and oxygen atoms in total. The number of hydrogen-bond acceptors (Lipinski definition) is 4. The Morgan fingerprint density at radius 1 is 1.38 bits per heavy atom. The summed E-state index contributed by atoms with van der Waals surface area (Å²) >= 11 is 0. The first-order chi connectivity index (χ1) is 7.59. The van der Waals surface area contributed by atoms with E-state index in [4.69, 9.17) is 16.2 Å². The summed E-state index contributed by atoms with van der Waals surface area (Å²) in [5.74, 6) is -0.911. The number of para-hydroxylation sites is 1. The Kier molecular flexibility index (Phi) is 2.40. The molecule has 2 rings (SSSR count). The number of amides is 2. The molecule has 0 spiro atoms. The lowest BCUT2D eigenvalue weighted by Crippen LogP contribution is -2.42. The quantitative estimate of drug-likeness (QED) is 0.622. The van der Waals surface area contributed by atoms with E-state index in [0.29, 0.717) is 5.69 Å². The Labute approximate surface area is 91.6 Å². The second-order valence-corrected chi connectivity index (χ2v) is 3.44. The van der Waals surface area contributed by atoms with Gasteiger partial charge in [0.15, 0.2) is 11.9 Å². The first kappa shape index (κ1) is 10.3. The first-order valence-electron chi connectivity index (χ1n) is 4.72. The van der Waals surface area contributed by atoms with Crippen LogP contribution in [0.3, 0.4) is 0 Å². The number of benzene rings is 1. The molecule has 0 bridgehead atoms. The fraction of sp³-hybridized carbons (Fsp3) is 0.200. The summed E-state index contributed by atoms with van der Waals surface area (Å²) < 4.78 is 5.35. The van der Waals surface area contributed by atoms with E-state index in [1.54, 1.807) is 12.1 Å². The molecule has 1 aliphatic rings. The SMILES string of the molecule is NC(=O)c1cccc2c1OC(C(N)=O)CN2. The minimum Gasteiger partial charge on any atom is -0.476 e. The van der Waals surface area contributed by atoms with Crippen molar-refractivity contribution in [1.29, 1.82) is 0 Å². The van der Waals surface area contributed by atoms with E-state index < -0.39 is 17.9 Å². The van der Waals surface area contributed by atoms with E-state index in [1.807, 2.05) is 0 Å². The molecule has 5 N–H and O–H groups in total. The Morgan fingerprint density at radius 3 is 2.75 bits per heavy atom. The third-order valence-corrected chi connectivity index (χ3v) is 2.34. The predicted molar refractivity (Wildman–Crippen MR) is 57.1 cm³/mol. The molecule has 1 atom stereocenters. The molecule has 84 valence electrons. The van der Waals surface area contributed by atoms with Gasteiger partial charge in [0, 0.05) is 0 Å². The monoisotopic (exact) mass is 221 g/mol. The van der Waals surface area contributed by atoms with Crippen LogP contribution in [0.25, 0.3) is 0 Å². The van der Waals surface area contributed by atoms with Crippen LogP contribution in [0.5, 0.6) is 5.75 Å². The van der Waals surface area contributed by atoms with Gasteiger partial charge in [-0.1, -0.05) is 6.07 Å². The van der Waals surface area contributed by atoms with Crippen molar-refractivity contribution in [2.45, 2.75) is 6.10 Å². The van der Waals surface area contributed by atoms with Gasteiger partial charge >= 0.3 is 0 Å². The lowest BCUT2D eigenvalue weighted by Gasteiger charge is -2.26. The molecule has 1 aromatic carbocycles. The zero-order valence-electron chi connectivity index (χ0n) is 8.40. The molecule has 6 heteroatoms. The molecule has 1 heterocycles. The standard InChI is InChI=1S/C10H11N3O3/c11-9(14)5-2-1-3-6-8(5)16-7(4-13-6)10(12)15/h1-3,7,13H,4H2,(H2,11,14)(H2,12,15). The molecule has 1 aromatic rings. The van der Waals surface area contributed by atoms with Crippen molar-refractivity contribution < 1.29 is 14.3 Å². The maximum Gasteiger partial charge on any atom is 0.260 e. The van der Waals surface area contributed by atoms with E-state index in [-0.39, 0.29) is 17.9 Å². The average Bonchev–Trinajstić information content (AvgIpc) is 2.27. The molecule has 0 fully saturated rings. The lowest BCUT2D eigenvalue weighted by molar-refractivity contribution is -0.124. The van der Waals surface area contributed by atoms with Gasteiger partial charge in [0.05, 0.1) is 17.8 Å². The fourth-order valence-corrected chi connectivity index (χ4v) is 1.54. The van der Waals surface area contributed by atoms with Crippen molar-refractivity contribution >= 4 is 17.5 Å². The summed E-state index contributed by atoms with van der Waals surface area (Å²) in [6.45, 7) is 0.282. The van der Waals surface area contributed by atoms with Crippen molar-refractivity contribution in [1.82, 2.24) is 0 Å². The number of nitrogens with one attached hydrogen (secondary N) is 1. The number of hydrogen-bond donors (Lipinski definition) is 3. The van der Waals surface area contributed by atoms with Gasteiger partial charge in [0.1, 0.15) is 0 Å². The second kappa shape index (κ2) is 3.73. The predicted octanol–water partition coefficient (Wildman–Crippen LogP) is -0.556. The van der Waals surface area contributed by atoms with Gasteiger partial charge in [-0.3, -0.25) is 9.59 Å². The van der Waals surface area contributed by atoms with E-state index in [0.717, 1.165) is 0 Å². The van der Waals surface area contributed by atoms with E-state index in [9.17, 15) is 9.59 Å². The number of rotatable bonds is 2. The zero-order chi connectivity index (χ0) is 11.7. The van der Waals surface area contributed by atoms with Crippen LogP contribution in [0.2, 0.25) is 0 Å². The Bertz CT molecular complexity index is 459. The minimum atomic E-state index is -0.784. The zero-order valence-corrected chi connectivity index (χ0v) is 8.40. The summed E-state index contributed by atoms with van der Waals surface area (Å²) in [6.07, 6.45) is -0.784. The highest BCUT2D eigenvalue weighted by Crippen LogP contribution is 2.32. The maximum atomic E-state index is 11.1. The molecule has 1 aliphatic heterocycles. The number of ether oxygens (including phenoxy) is 1. The third kappa shape index (κ3) is 1.65. The van der Waals surface area contributed by atoms with Crippen LogP contribution in [0, 0.1) is 0 Å². The van der Waals surface area contributed by atoms with Crippen molar-refractivity contribution in [2.24, 2.45) is 11.5 Å². The molecule has 1 unspecified atom stereocenters. The molecular formula is C10H11N3O3. The van der Waals surface area contributed by atoms with Crippen LogP contribution in [-0.4, -0.2) is 24.5 Å². The average molecular weight is 221 g/mol. The van der Waals surface area contributed by atoms with Crippen LogP contribution in [0.1, 0.15) is 10.4 Å². The number of carbonyl (C=O) groups is 2. The molecule has 0 saturated heterocycles. The molecule has 0 saturated carbocycles.